The van der Waals surface area contributed by atoms with Crippen LogP contribution in [-0.2, 0) is 0 Å². The van der Waals surface area contributed by atoms with Gasteiger partial charge in [0.05, 0.1) is 39.4 Å². The lowest BCUT2D eigenvalue weighted by Crippen LogP contribution is -2.55. The van der Waals surface area contributed by atoms with E-state index in [1.165, 1.54) is 26.2 Å². The fraction of sp³-hybridized carbons (Fsp3) is 0.667. The highest BCUT2D eigenvalue weighted by molar-refractivity contribution is 5.65. The first-order valence-corrected chi connectivity index (χ1v) is 9.06. The molecule has 0 atom stereocenters. The van der Waals surface area contributed by atoms with Crippen LogP contribution in [0, 0.1) is 0 Å². The van der Waals surface area contributed by atoms with Crippen molar-refractivity contribution in [3.8, 4) is 5.75 Å². The first-order valence-electron chi connectivity index (χ1n) is 9.06. The standard InChI is InChI=1S/C18H32N5O/c1-23(2)12-9-21(10-13-23)7-5-20-6-8-22-11-14-24-18-15-16(19)3-4-17(18)22/h3-4,15,20H,5-14,19H2,1-2H3/q+1. The van der Waals surface area contributed by atoms with Gasteiger partial charge in [0.1, 0.15) is 12.4 Å². The van der Waals surface area contributed by atoms with Crippen LogP contribution in [0.15, 0.2) is 18.2 Å². The van der Waals surface area contributed by atoms with Gasteiger partial charge in [-0.15, -0.1) is 0 Å². The second-order valence-corrected chi connectivity index (χ2v) is 7.54. The van der Waals surface area contributed by atoms with Gasteiger partial charge in [-0.25, -0.2) is 0 Å². The molecule has 1 saturated heterocycles. The van der Waals surface area contributed by atoms with Gasteiger partial charge < -0.3 is 25.2 Å². The van der Waals surface area contributed by atoms with Crippen molar-refractivity contribution in [2.45, 2.75) is 0 Å². The number of ether oxygens (including phenoxy) is 1. The third-order valence-electron chi connectivity index (χ3n) is 5.15. The number of benzene rings is 1. The Morgan fingerprint density at radius 2 is 1.88 bits per heavy atom. The van der Waals surface area contributed by atoms with Crippen LogP contribution in [0.5, 0.6) is 5.75 Å². The number of quaternary nitrogens is 1. The number of rotatable bonds is 6. The van der Waals surface area contributed by atoms with Crippen LogP contribution in [0.3, 0.4) is 0 Å². The molecular weight excluding hydrogens is 302 g/mol. The van der Waals surface area contributed by atoms with Crippen molar-refractivity contribution in [1.82, 2.24) is 10.2 Å². The molecule has 0 bridgehead atoms. The lowest BCUT2D eigenvalue weighted by Gasteiger charge is -2.39. The Balaban J connectivity index is 1.36. The second-order valence-electron chi connectivity index (χ2n) is 7.54. The van der Waals surface area contributed by atoms with Crippen molar-refractivity contribution in [3.05, 3.63) is 18.2 Å². The summed E-state index contributed by atoms with van der Waals surface area (Å²) in [4.78, 5) is 4.95. The third-order valence-corrected chi connectivity index (χ3v) is 5.15. The second kappa shape index (κ2) is 7.59. The van der Waals surface area contributed by atoms with Gasteiger partial charge in [-0.1, -0.05) is 0 Å². The van der Waals surface area contributed by atoms with Crippen LogP contribution >= 0.6 is 0 Å². The molecule has 1 aromatic carbocycles. The van der Waals surface area contributed by atoms with Gasteiger partial charge in [-0.2, -0.15) is 0 Å². The number of fused-ring (bicyclic) bond motifs is 1. The van der Waals surface area contributed by atoms with Gasteiger partial charge in [0.15, 0.2) is 0 Å². The highest BCUT2D eigenvalue weighted by atomic mass is 16.5. The highest BCUT2D eigenvalue weighted by Crippen LogP contribution is 2.32. The Hall–Kier alpha value is -1.50. The predicted octanol–water partition coefficient (Wildman–Crippen LogP) is 0.449. The SMILES string of the molecule is C[N+]1(C)CCN(CCNCCN2CCOc3cc(N)ccc32)CC1. The van der Waals surface area contributed by atoms with Crippen molar-refractivity contribution >= 4 is 11.4 Å². The van der Waals surface area contributed by atoms with Crippen molar-refractivity contribution in [2.24, 2.45) is 0 Å². The summed E-state index contributed by atoms with van der Waals surface area (Å²) in [6.45, 7) is 10.8. The molecule has 0 saturated carbocycles. The van der Waals surface area contributed by atoms with E-state index in [1.54, 1.807) is 0 Å². The average molecular weight is 334 g/mol. The maximum absolute atomic E-state index is 5.84. The van der Waals surface area contributed by atoms with Crippen LogP contribution in [0.25, 0.3) is 0 Å². The molecule has 24 heavy (non-hydrogen) atoms. The molecule has 0 aromatic heterocycles. The lowest BCUT2D eigenvalue weighted by atomic mass is 10.2. The third kappa shape index (κ3) is 4.53. The zero-order chi connectivity index (χ0) is 17.0. The Bertz CT molecular complexity index is 538. The molecule has 134 valence electrons. The molecule has 3 rings (SSSR count). The summed E-state index contributed by atoms with van der Waals surface area (Å²) in [5.41, 5.74) is 7.76. The number of nitrogens with two attached hydrogens (primary N) is 1. The first-order chi connectivity index (χ1) is 11.5. The van der Waals surface area contributed by atoms with Crippen molar-refractivity contribution < 1.29 is 9.22 Å². The van der Waals surface area contributed by atoms with E-state index in [0.29, 0.717) is 0 Å². The van der Waals surface area contributed by atoms with E-state index in [4.69, 9.17) is 10.5 Å². The Labute approximate surface area is 145 Å². The van der Waals surface area contributed by atoms with E-state index >= 15 is 0 Å². The van der Waals surface area contributed by atoms with Crippen molar-refractivity contribution in [2.75, 3.05) is 90.2 Å². The average Bonchev–Trinajstić information content (AvgIpc) is 2.55. The number of hydrogen-bond acceptors (Lipinski definition) is 5. The van der Waals surface area contributed by atoms with E-state index in [-0.39, 0.29) is 0 Å². The van der Waals surface area contributed by atoms with Crippen LogP contribution in [0.1, 0.15) is 0 Å². The molecule has 0 radical (unpaired) electrons. The number of nitrogens with zero attached hydrogens (tertiary/aromatic N) is 3. The molecule has 3 N–H and O–H groups in total. The van der Waals surface area contributed by atoms with Gasteiger partial charge in [-0.05, 0) is 12.1 Å². The molecule has 1 aromatic rings. The molecule has 6 heteroatoms. The minimum Gasteiger partial charge on any atom is -0.489 e. The number of nitrogen functional groups attached to an aromatic ring is 1. The van der Waals surface area contributed by atoms with Gasteiger partial charge in [0.25, 0.3) is 0 Å². The zero-order valence-electron chi connectivity index (χ0n) is 15.1. The molecule has 0 amide bonds. The highest BCUT2D eigenvalue weighted by Gasteiger charge is 2.23. The summed E-state index contributed by atoms with van der Waals surface area (Å²) < 4.78 is 6.87. The molecule has 0 spiro atoms. The fourth-order valence-corrected chi connectivity index (χ4v) is 3.37. The smallest absolute Gasteiger partial charge is 0.144 e. The summed E-state index contributed by atoms with van der Waals surface area (Å²) in [6, 6.07) is 5.94. The minimum absolute atomic E-state index is 0.734. The van der Waals surface area contributed by atoms with Crippen LogP contribution in [0.4, 0.5) is 11.4 Å². The summed E-state index contributed by atoms with van der Waals surface area (Å²) in [6.07, 6.45) is 0. The molecule has 2 aliphatic rings. The topological polar surface area (TPSA) is 53.8 Å². The van der Waals surface area contributed by atoms with Crippen molar-refractivity contribution in [3.63, 3.8) is 0 Å². The maximum Gasteiger partial charge on any atom is 0.144 e. The molecule has 2 heterocycles. The Morgan fingerprint density at radius 1 is 1.12 bits per heavy atom. The first kappa shape index (κ1) is 17.3. The lowest BCUT2D eigenvalue weighted by molar-refractivity contribution is -0.894. The van der Waals surface area contributed by atoms with E-state index in [2.05, 4.69) is 35.3 Å². The predicted molar refractivity (Wildman–Crippen MR) is 99.7 cm³/mol. The number of anilines is 2. The molecule has 0 aliphatic carbocycles. The van der Waals surface area contributed by atoms with E-state index in [9.17, 15) is 0 Å². The van der Waals surface area contributed by atoms with E-state index < -0.39 is 0 Å². The number of piperazine rings is 1. The quantitative estimate of drug-likeness (QED) is 0.449. The monoisotopic (exact) mass is 334 g/mol. The zero-order valence-corrected chi connectivity index (χ0v) is 15.1. The Kier molecular flexibility index (Phi) is 5.48. The van der Waals surface area contributed by atoms with Crippen LogP contribution in [-0.4, -0.2) is 89.0 Å². The van der Waals surface area contributed by atoms with Gasteiger partial charge in [-0.3, -0.25) is 4.90 Å². The van der Waals surface area contributed by atoms with Crippen LogP contribution in [0.2, 0.25) is 0 Å². The van der Waals surface area contributed by atoms with Crippen molar-refractivity contribution in [1.29, 1.82) is 0 Å². The minimum atomic E-state index is 0.734. The molecule has 0 unspecified atom stereocenters. The van der Waals surface area contributed by atoms with Gasteiger partial charge >= 0.3 is 0 Å². The molecular formula is C18H32N5O+. The van der Waals surface area contributed by atoms with Gasteiger partial charge in [0, 0.05) is 51.0 Å². The molecule has 6 nitrogen and oxygen atoms in total. The number of hydrogen-bond donors (Lipinski definition) is 2. The summed E-state index contributed by atoms with van der Waals surface area (Å²) in [5.74, 6) is 0.912. The largest absolute Gasteiger partial charge is 0.489 e. The fourth-order valence-electron chi connectivity index (χ4n) is 3.37. The summed E-state index contributed by atoms with van der Waals surface area (Å²) >= 11 is 0. The number of nitrogens with one attached hydrogen (secondary N) is 1. The normalized spacial score (nSPS) is 20.5. The molecule has 2 aliphatic heterocycles. The summed E-state index contributed by atoms with van der Waals surface area (Å²) in [7, 11) is 4.65. The summed E-state index contributed by atoms with van der Waals surface area (Å²) in [5, 5.41) is 3.59. The van der Waals surface area contributed by atoms with E-state index in [0.717, 1.165) is 60.9 Å². The Morgan fingerprint density at radius 3 is 2.67 bits per heavy atom. The number of likely N-dealkylation sites (N-methyl/N-ethyl adjacent to an activating group) is 1. The maximum atomic E-state index is 5.84. The van der Waals surface area contributed by atoms with Crippen LogP contribution < -0.4 is 20.7 Å². The molecule has 1 fully saturated rings. The van der Waals surface area contributed by atoms with Gasteiger partial charge in [0.2, 0.25) is 0 Å². The van der Waals surface area contributed by atoms with E-state index in [1.807, 2.05) is 12.1 Å².